The Morgan fingerprint density at radius 2 is 1.93 bits per heavy atom. The van der Waals surface area contributed by atoms with Gasteiger partial charge < -0.3 is 0 Å². The largest absolute Gasteiger partial charge is 0.417 e. The van der Waals surface area contributed by atoms with Crippen molar-refractivity contribution in [2.45, 2.75) is 13.1 Å². The van der Waals surface area contributed by atoms with Gasteiger partial charge in [0.15, 0.2) is 5.78 Å². The Balaban J connectivity index is 3.55. The van der Waals surface area contributed by atoms with E-state index in [0.717, 1.165) is 19.1 Å². The van der Waals surface area contributed by atoms with Crippen molar-refractivity contribution in [3.05, 3.63) is 32.8 Å². The van der Waals surface area contributed by atoms with Gasteiger partial charge in [-0.3, -0.25) is 4.79 Å². The van der Waals surface area contributed by atoms with Gasteiger partial charge in [0.1, 0.15) is 0 Å². The summed E-state index contributed by atoms with van der Waals surface area (Å²) in [7, 11) is 0. The lowest BCUT2D eigenvalue weighted by Crippen LogP contribution is -2.12. The van der Waals surface area contributed by atoms with Crippen LogP contribution < -0.4 is 0 Å². The standard InChI is InChI=1S/C9H5BrClF3O/c1-4(15)7-5(9(12,13)14)2-3-6(10)8(7)11/h2-3H,1H3. The van der Waals surface area contributed by atoms with Crippen molar-refractivity contribution in [1.82, 2.24) is 0 Å². The molecule has 1 aromatic rings. The molecule has 82 valence electrons. The molecule has 0 saturated carbocycles. The Morgan fingerprint density at radius 3 is 2.33 bits per heavy atom. The van der Waals surface area contributed by atoms with Crippen LogP contribution in [-0.4, -0.2) is 5.78 Å². The molecule has 1 rings (SSSR count). The van der Waals surface area contributed by atoms with Gasteiger partial charge in [-0.05, 0) is 35.0 Å². The summed E-state index contributed by atoms with van der Waals surface area (Å²) in [5, 5.41) is -0.211. The number of hydrogen-bond acceptors (Lipinski definition) is 1. The summed E-state index contributed by atoms with van der Waals surface area (Å²) in [5.41, 5.74) is -1.51. The van der Waals surface area contributed by atoms with Gasteiger partial charge in [-0.1, -0.05) is 11.6 Å². The number of hydrogen-bond donors (Lipinski definition) is 0. The van der Waals surface area contributed by atoms with Crippen LogP contribution in [0.15, 0.2) is 16.6 Å². The second kappa shape index (κ2) is 4.14. The highest BCUT2D eigenvalue weighted by molar-refractivity contribution is 9.10. The first kappa shape index (κ1) is 12.5. The molecule has 0 bridgehead atoms. The minimum atomic E-state index is -4.58. The Bertz CT molecular complexity index is 415. The van der Waals surface area contributed by atoms with E-state index in [4.69, 9.17) is 11.6 Å². The maximum atomic E-state index is 12.5. The zero-order valence-electron chi connectivity index (χ0n) is 7.45. The molecule has 0 saturated heterocycles. The molecule has 0 radical (unpaired) electrons. The van der Waals surface area contributed by atoms with E-state index < -0.39 is 23.1 Å². The van der Waals surface area contributed by atoms with Gasteiger partial charge in [0.25, 0.3) is 0 Å². The zero-order valence-corrected chi connectivity index (χ0v) is 9.79. The summed E-state index contributed by atoms with van der Waals surface area (Å²) < 4.78 is 37.7. The van der Waals surface area contributed by atoms with E-state index in [9.17, 15) is 18.0 Å². The van der Waals surface area contributed by atoms with Crippen molar-refractivity contribution < 1.29 is 18.0 Å². The van der Waals surface area contributed by atoms with Crippen LogP contribution in [0.1, 0.15) is 22.8 Å². The predicted molar refractivity (Wildman–Crippen MR) is 54.2 cm³/mol. The van der Waals surface area contributed by atoms with Crippen LogP contribution in [0.3, 0.4) is 0 Å². The SMILES string of the molecule is CC(=O)c1c(C(F)(F)F)ccc(Br)c1Cl. The third-order valence-corrected chi connectivity index (χ3v) is 3.03. The van der Waals surface area contributed by atoms with E-state index in [2.05, 4.69) is 15.9 Å². The number of benzene rings is 1. The monoisotopic (exact) mass is 300 g/mol. The number of halogens is 5. The summed E-state index contributed by atoms with van der Waals surface area (Å²) in [5.74, 6) is -0.714. The molecule has 0 atom stereocenters. The molecule has 1 aromatic carbocycles. The zero-order chi connectivity index (χ0) is 11.8. The van der Waals surface area contributed by atoms with Gasteiger partial charge in [0.2, 0.25) is 0 Å². The lowest BCUT2D eigenvalue weighted by Gasteiger charge is -2.12. The number of carbonyl (C=O) groups excluding carboxylic acids is 1. The molecule has 0 N–H and O–H groups in total. The van der Waals surface area contributed by atoms with Crippen LogP contribution in [-0.2, 0) is 6.18 Å². The van der Waals surface area contributed by atoms with E-state index in [0.29, 0.717) is 0 Å². The second-order valence-corrected chi connectivity index (χ2v) is 4.07. The fraction of sp³-hybridized carbons (Fsp3) is 0.222. The Hall–Kier alpha value is -0.550. The normalized spacial score (nSPS) is 11.6. The minimum absolute atomic E-state index is 0.211. The van der Waals surface area contributed by atoms with Crippen molar-refractivity contribution in [3.8, 4) is 0 Å². The van der Waals surface area contributed by atoms with E-state index in [1.54, 1.807) is 0 Å². The lowest BCUT2D eigenvalue weighted by molar-refractivity contribution is -0.137. The summed E-state index contributed by atoms with van der Waals surface area (Å²) in [4.78, 5) is 11.1. The Morgan fingerprint density at radius 1 is 1.40 bits per heavy atom. The number of alkyl halides is 3. The molecule has 0 aromatic heterocycles. The van der Waals surface area contributed by atoms with E-state index in [1.165, 1.54) is 0 Å². The van der Waals surface area contributed by atoms with Gasteiger partial charge >= 0.3 is 6.18 Å². The van der Waals surface area contributed by atoms with E-state index >= 15 is 0 Å². The first-order chi connectivity index (χ1) is 6.75. The summed E-state index contributed by atoms with van der Waals surface area (Å²) in [6, 6.07) is 1.99. The van der Waals surface area contributed by atoms with Gasteiger partial charge in [0.05, 0.1) is 10.6 Å². The van der Waals surface area contributed by atoms with Crippen molar-refractivity contribution >= 4 is 33.3 Å². The second-order valence-electron chi connectivity index (χ2n) is 2.84. The number of rotatable bonds is 1. The van der Waals surface area contributed by atoms with Gasteiger partial charge in [0, 0.05) is 10.0 Å². The summed E-state index contributed by atoms with van der Waals surface area (Å²) >= 11 is 8.60. The van der Waals surface area contributed by atoms with Crippen molar-refractivity contribution in [3.63, 3.8) is 0 Å². The lowest BCUT2D eigenvalue weighted by atomic mass is 10.0. The molecule has 0 aliphatic carbocycles. The maximum absolute atomic E-state index is 12.5. The van der Waals surface area contributed by atoms with Crippen LogP contribution in [0, 0.1) is 0 Å². The smallest absolute Gasteiger partial charge is 0.294 e. The molecule has 0 unspecified atom stereocenters. The first-order valence-electron chi connectivity index (χ1n) is 3.81. The van der Waals surface area contributed by atoms with Crippen molar-refractivity contribution in [2.75, 3.05) is 0 Å². The summed E-state index contributed by atoms with van der Waals surface area (Å²) in [6.07, 6.45) is -4.58. The van der Waals surface area contributed by atoms with Gasteiger partial charge in [-0.25, -0.2) is 0 Å². The molecule has 0 aliphatic rings. The fourth-order valence-corrected chi connectivity index (χ4v) is 1.76. The van der Waals surface area contributed by atoms with E-state index in [1.807, 2.05) is 0 Å². The highest BCUT2D eigenvalue weighted by atomic mass is 79.9. The topological polar surface area (TPSA) is 17.1 Å². The Labute approximate surface area is 97.4 Å². The number of ketones is 1. The third kappa shape index (κ3) is 2.52. The van der Waals surface area contributed by atoms with Crippen molar-refractivity contribution in [1.29, 1.82) is 0 Å². The van der Waals surface area contributed by atoms with Gasteiger partial charge in [-0.15, -0.1) is 0 Å². The Kier molecular flexibility index (Phi) is 3.45. The molecule has 15 heavy (non-hydrogen) atoms. The molecule has 0 spiro atoms. The molecule has 1 nitrogen and oxygen atoms in total. The fourth-order valence-electron chi connectivity index (χ4n) is 1.13. The number of Topliss-reactive ketones (excluding diaryl/α,β-unsaturated/α-hetero) is 1. The molecule has 0 fully saturated rings. The molecular weight excluding hydrogens is 296 g/mol. The highest BCUT2D eigenvalue weighted by Crippen LogP contribution is 2.38. The first-order valence-corrected chi connectivity index (χ1v) is 4.98. The van der Waals surface area contributed by atoms with Crippen LogP contribution in [0.2, 0.25) is 5.02 Å². The van der Waals surface area contributed by atoms with Crippen molar-refractivity contribution in [2.24, 2.45) is 0 Å². The molecular formula is C9H5BrClF3O. The average molecular weight is 301 g/mol. The maximum Gasteiger partial charge on any atom is 0.417 e. The van der Waals surface area contributed by atoms with Gasteiger partial charge in [-0.2, -0.15) is 13.2 Å². The van der Waals surface area contributed by atoms with Crippen LogP contribution in [0.4, 0.5) is 13.2 Å². The quantitative estimate of drug-likeness (QED) is 0.706. The molecule has 0 aliphatic heterocycles. The number of carbonyl (C=O) groups is 1. The summed E-state index contributed by atoms with van der Waals surface area (Å²) in [6.45, 7) is 1.04. The molecule has 0 amide bonds. The average Bonchev–Trinajstić information content (AvgIpc) is 2.06. The third-order valence-electron chi connectivity index (χ3n) is 1.75. The molecule has 6 heteroatoms. The highest BCUT2D eigenvalue weighted by Gasteiger charge is 2.35. The molecule has 0 heterocycles. The van der Waals surface area contributed by atoms with Crippen LogP contribution in [0.5, 0.6) is 0 Å². The van der Waals surface area contributed by atoms with E-state index in [-0.39, 0.29) is 9.50 Å². The van der Waals surface area contributed by atoms with Crippen LogP contribution >= 0.6 is 27.5 Å². The minimum Gasteiger partial charge on any atom is -0.294 e. The van der Waals surface area contributed by atoms with Crippen LogP contribution in [0.25, 0.3) is 0 Å². The predicted octanol–water partition coefficient (Wildman–Crippen LogP) is 4.32.